The van der Waals surface area contributed by atoms with E-state index in [9.17, 15) is 17.6 Å². The number of sulfonamides is 1. The van der Waals surface area contributed by atoms with Crippen molar-refractivity contribution in [2.45, 2.75) is 31.2 Å². The molecule has 24 heavy (non-hydrogen) atoms. The molecule has 2 aromatic carbocycles. The summed E-state index contributed by atoms with van der Waals surface area (Å²) in [5.41, 5.74) is 0.608. The Morgan fingerprint density at radius 3 is 2.42 bits per heavy atom. The van der Waals surface area contributed by atoms with E-state index in [1.165, 1.54) is 42.5 Å². The Morgan fingerprint density at radius 1 is 1.17 bits per heavy atom. The minimum Gasteiger partial charge on any atom is -0.322 e. The van der Waals surface area contributed by atoms with E-state index < -0.39 is 21.7 Å². The van der Waals surface area contributed by atoms with Crippen molar-refractivity contribution in [2.75, 3.05) is 5.32 Å². The van der Waals surface area contributed by atoms with E-state index in [2.05, 4.69) is 10.0 Å². The lowest BCUT2D eigenvalue weighted by Gasteiger charge is -2.12. The van der Waals surface area contributed by atoms with Gasteiger partial charge in [0.2, 0.25) is 10.0 Å². The molecule has 0 heterocycles. The summed E-state index contributed by atoms with van der Waals surface area (Å²) in [5, 5.41) is 2.55. The SMILES string of the molecule is CCC(C)NS(=O)(=O)c1ccc(C(=O)Nc2cccc(F)c2)cc1. The van der Waals surface area contributed by atoms with Gasteiger partial charge in [-0.05, 0) is 55.8 Å². The molecule has 2 N–H and O–H groups in total. The van der Waals surface area contributed by atoms with Gasteiger partial charge >= 0.3 is 0 Å². The van der Waals surface area contributed by atoms with Gasteiger partial charge in [0.05, 0.1) is 4.90 Å². The van der Waals surface area contributed by atoms with Gasteiger partial charge in [0.15, 0.2) is 0 Å². The normalized spacial score (nSPS) is 12.6. The Morgan fingerprint density at radius 2 is 1.83 bits per heavy atom. The van der Waals surface area contributed by atoms with Crippen molar-refractivity contribution >= 4 is 21.6 Å². The fraction of sp³-hybridized carbons (Fsp3) is 0.235. The molecule has 0 radical (unpaired) electrons. The third-order valence-corrected chi connectivity index (χ3v) is 5.08. The molecule has 0 aliphatic carbocycles. The lowest BCUT2D eigenvalue weighted by Crippen LogP contribution is -2.32. The van der Waals surface area contributed by atoms with Gasteiger partial charge in [0.25, 0.3) is 5.91 Å². The zero-order valence-electron chi connectivity index (χ0n) is 13.4. The Labute approximate surface area is 141 Å². The quantitative estimate of drug-likeness (QED) is 0.840. The Bertz CT molecular complexity index is 820. The van der Waals surface area contributed by atoms with Gasteiger partial charge in [-0.1, -0.05) is 13.0 Å². The molecule has 7 heteroatoms. The largest absolute Gasteiger partial charge is 0.322 e. The van der Waals surface area contributed by atoms with Gasteiger partial charge in [-0.3, -0.25) is 4.79 Å². The summed E-state index contributed by atoms with van der Waals surface area (Å²) in [4.78, 5) is 12.2. The molecule has 5 nitrogen and oxygen atoms in total. The van der Waals surface area contributed by atoms with Crippen molar-refractivity contribution in [2.24, 2.45) is 0 Å². The first-order chi connectivity index (χ1) is 11.3. The third-order valence-electron chi connectivity index (χ3n) is 3.48. The van der Waals surface area contributed by atoms with E-state index in [0.29, 0.717) is 12.1 Å². The molecule has 2 rings (SSSR count). The number of carbonyl (C=O) groups is 1. The maximum Gasteiger partial charge on any atom is 0.255 e. The van der Waals surface area contributed by atoms with Crippen LogP contribution in [0.5, 0.6) is 0 Å². The Kier molecular flexibility index (Phi) is 5.69. The summed E-state index contributed by atoms with van der Waals surface area (Å²) in [5.74, 6) is -0.898. The van der Waals surface area contributed by atoms with Crippen molar-refractivity contribution in [3.63, 3.8) is 0 Å². The van der Waals surface area contributed by atoms with Crippen molar-refractivity contribution in [3.8, 4) is 0 Å². The number of rotatable bonds is 6. The van der Waals surface area contributed by atoms with Crippen LogP contribution in [0.1, 0.15) is 30.6 Å². The number of anilines is 1. The van der Waals surface area contributed by atoms with Crippen LogP contribution in [-0.4, -0.2) is 20.4 Å². The number of hydrogen-bond acceptors (Lipinski definition) is 3. The van der Waals surface area contributed by atoms with E-state index in [1.807, 2.05) is 6.92 Å². The van der Waals surface area contributed by atoms with E-state index in [4.69, 9.17) is 0 Å². The highest BCUT2D eigenvalue weighted by Gasteiger charge is 2.17. The monoisotopic (exact) mass is 350 g/mol. The highest BCUT2D eigenvalue weighted by Crippen LogP contribution is 2.14. The van der Waals surface area contributed by atoms with Crippen molar-refractivity contribution in [1.29, 1.82) is 0 Å². The van der Waals surface area contributed by atoms with Gasteiger partial charge in [0, 0.05) is 17.3 Å². The second-order valence-corrected chi connectivity index (χ2v) is 7.13. The Hall–Kier alpha value is -2.25. The molecule has 0 fully saturated rings. The number of carbonyl (C=O) groups excluding carboxylic acids is 1. The predicted octanol–water partition coefficient (Wildman–Crippen LogP) is 3.15. The van der Waals surface area contributed by atoms with Crippen LogP contribution < -0.4 is 10.0 Å². The molecule has 0 saturated heterocycles. The van der Waals surface area contributed by atoms with Crippen LogP contribution >= 0.6 is 0 Å². The third kappa shape index (κ3) is 4.62. The number of hydrogen-bond donors (Lipinski definition) is 2. The van der Waals surface area contributed by atoms with Crippen LogP contribution in [0.15, 0.2) is 53.4 Å². The lowest BCUT2D eigenvalue weighted by atomic mass is 10.2. The second-order valence-electron chi connectivity index (χ2n) is 5.42. The maximum atomic E-state index is 13.1. The first-order valence-corrected chi connectivity index (χ1v) is 8.99. The summed E-state index contributed by atoms with van der Waals surface area (Å²) < 4.78 is 40.0. The summed E-state index contributed by atoms with van der Waals surface area (Å²) in [6.45, 7) is 3.66. The number of amides is 1. The average Bonchev–Trinajstić information content (AvgIpc) is 2.54. The second kappa shape index (κ2) is 7.55. The van der Waals surface area contributed by atoms with E-state index >= 15 is 0 Å². The minimum absolute atomic E-state index is 0.0881. The molecule has 0 spiro atoms. The van der Waals surface area contributed by atoms with Crippen LogP contribution in [0.4, 0.5) is 10.1 Å². The van der Waals surface area contributed by atoms with Crippen molar-refractivity contribution < 1.29 is 17.6 Å². The van der Waals surface area contributed by atoms with Crippen LogP contribution in [0, 0.1) is 5.82 Å². The number of halogens is 1. The molecule has 0 aliphatic rings. The number of benzene rings is 2. The van der Waals surface area contributed by atoms with Gasteiger partial charge in [-0.2, -0.15) is 0 Å². The Balaban J connectivity index is 2.12. The molecular formula is C17H19FN2O3S. The molecule has 128 valence electrons. The molecule has 1 amide bonds. The van der Waals surface area contributed by atoms with Gasteiger partial charge in [0.1, 0.15) is 5.82 Å². The molecule has 1 unspecified atom stereocenters. The summed E-state index contributed by atoms with van der Waals surface area (Å²) in [6.07, 6.45) is 0.674. The van der Waals surface area contributed by atoms with Gasteiger partial charge in [-0.15, -0.1) is 0 Å². The number of nitrogens with one attached hydrogen (secondary N) is 2. The van der Waals surface area contributed by atoms with E-state index in [-0.39, 0.29) is 16.5 Å². The average molecular weight is 350 g/mol. The molecule has 0 bridgehead atoms. The first-order valence-electron chi connectivity index (χ1n) is 7.51. The van der Waals surface area contributed by atoms with Crippen molar-refractivity contribution in [1.82, 2.24) is 4.72 Å². The summed E-state index contributed by atoms with van der Waals surface area (Å²) in [7, 11) is -3.61. The summed E-state index contributed by atoms with van der Waals surface area (Å²) in [6, 6.07) is 10.9. The lowest BCUT2D eigenvalue weighted by molar-refractivity contribution is 0.102. The molecule has 2 aromatic rings. The van der Waals surface area contributed by atoms with Crippen LogP contribution in [-0.2, 0) is 10.0 Å². The molecule has 0 aliphatic heterocycles. The first kappa shape index (κ1) is 18.1. The predicted molar refractivity (Wildman–Crippen MR) is 90.9 cm³/mol. The van der Waals surface area contributed by atoms with Crippen LogP contribution in [0.3, 0.4) is 0 Å². The van der Waals surface area contributed by atoms with Crippen LogP contribution in [0.25, 0.3) is 0 Å². The van der Waals surface area contributed by atoms with E-state index in [0.717, 1.165) is 0 Å². The fourth-order valence-corrected chi connectivity index (χ4v) is 3.30. The summed E-state index contributed by atoms with van der Waals surface area (Å²) >= 11 is 0. The van der Waals surface area contributed by atoms with Gasteiger partial charge in [-0.25, -0.2) is 17.5 Å². The molecule has 1 atom stereocenters. The van der Waals surface area contributed by atoms with Gasteiger partial charge < -0.3 is 5.32 Å². The fourth-order valence-electron chi connectivity index (χ4n) is 1.97. The standard InChI is InChI=1S/C17H19FN2O3S/c1-3-12(2)20-24(22,23)16-9-7-13(8-10-16)17(21)19-15-6-4-5-14(18)11-15/h4-12,20H,3H2,1-2H3,(H,19,21). The maximum absolute atomic E-state index is 13.1. The van der Waals surface area contributed by atoms with Crippen molar-refractivity contribution in [3.05, 3.63) is 59.9 Å². The zero-order valence-corrected chi connectivity index (χ0v) is 14.2. The van der Waals surface area contributed by atoms with E-state index in [1.54, 1.807) is 13.0 Å². The zero-order chi connectivity index (χ0) is 17.7. The smallest absolute Gasteiger partial charge is 0.255 e. The highest BCUT2D eigenvalue weighted by atomic mass is 32.2. The minimum atomic E-state index is -3.61. The topological polar surface area (TPSA) is 75.3 Å². The highest BCUT2D eigenvalue weighted by molar-refractivity contribution is 7.89. The molecule has 0 saturated carbocycles. The molecular weight excluding hydrogens is 331 g/mol. The molecule has 0 aromatic heterocycles. The van der Waals surface area contributed by atoms with Crippen LogP contribution in [0.2, 0.25) is 0 Å².